The molecule has 0 bridgehead atoms. The summed E-state index contributed by atoms with van der Waals surface area (Å²) in [5.41, 5.74) is 2.57. The zero-order valence-electron chi connectivity index (χ0n) is 15.0. The number of H-pyrrole nitrogens is 1. The average molecular weight is 360 g/mol. The number of aromatic nitrogens is 5. The Hall–Kier alpha value is -3.48. The number of aromatic amines is 1. The van der Waals surface area contributed by atoms with Gasteiger partial charge in [-0.15, -0.1) is 5.10 Å². The second-order valence-corrected chi connectivity index (χ2v) is 6.22. The Morgan fingerprint density at radius 2 is 1.93 bits per heavy atom. The zero-order valence-corrected chi connectivity index (χ0v) is 15.0. The third-order valence-electron chi connectivity index (χ3n) is 4.57. The maximum absolute atomic E-state index is 12.3. The van der Waals surface area contributed by atoms with E-state index in [9.17, 15) is 4.79 Å². The van der Waals surface area contributed by atoms with Crippen molar-refractivity contribution in [3.05, 3.63) is 71.3 Å². The van der Waals surface area contributed by atoms with E-state index in [1.807, 2.05) is 41.2 Å². The molecule has 27 heavy (non-hydrogen) atoms. The maximum atomic E-state index is 12.3. The number of nitrogens with zero attached hydrogens (tertiary/aromatic N) is 5. The largest absolute Gasteiger partial charge is 0.370 e. The fraction of sp³-hybridized carbons (Fsp3) is 0.200. The van der Waals surface area contributed by atoms with Crippen LogP contribution in [0.25, 0.3) is 22.3 Å². The normalized spacial score (nSPS) is 11.0. The van der Waals surface area contributed by atoms with Gasteiger partial charge in [-0.25, -0.2) is 4.98 Å². The van der Waals surface area contributed by atoms with E-state index in [2.05, 4.69) is 44.2 Å². The van der Waals surface area contributed by atoms with Crippen LogP contribution in [0.4, 0.5) is 5.69 Å². The molecule has 0 aliphatic heterocycles. The fourth-order valence-corrected chi connectivity index (χ4v) is 3.10. The Labute approximate surface area is 156 Å². The van der Waals surface area contributed by atoms with Gasteiger partial charge in [-0.3, -0.25) is 9.48 Å². The quantitative estimate of drug-likeness (QED) is 0.572. The number of benzene rings is 2. The molecule has 2 heterocycles. The summed E-state index contributed by atoms with van der Waals surface area (Å²) in [4.78, 5) is 22.0. The molecule has 2 aromatic carbocycles. The van der Waals surface area contributed by atoms with E-state index in [-0.39, 0.29) is 5.56 Å². The van der Waals surface area contributed by atoms with Gasteiger partial charge in [0.1, 0.15) is 5.82 Å². The minimum Gasteiger partial charge on any atom is -0.370 e. The van der Waals surface area contributed by atoms with Crippen molar-refractivity contribution >= 4 is 16.6 Å². The second-order valence-electron chi connectivity index (χ2n) is 6.22. The van der Waals surface area contributed by atoms with Gasteiger partial charge in [0.25, 0.3) is 5.56 Å². The van der Waals surface area contributed by atoms with Crippen LogP contribution >= 0.6 is 0 Å². The van der Waals surface area contributed by atoms with Gasteiger partial charge >= 0.3 is 0 Å². The monoisotopic (exact) mass is 360 g/mol. The highest BCUT2D eigenvalue weighted by Crippen LogP contribution is 2.21. The summed E-state index contributed by atoms with van der Waals surface area (Å²) in [6.07, 6.45) is 3.54. The van der Waals surface area contributed by atoms with Gasteiger partial charge in [-0.05, 0) is 43.3 Å². The van der Waals surface area contributed by atoms with Crippen molar-refractivity contribution in [3.8, 4) is 11.4 Å². The molecule has 4 rings (SSSR count). The number of hydrogen-bond donors (Lipinski definition) is 1. The van der Waals surface area contributed by atoms with E-state index in [1.165, 1.54) is 0 Å². The van der Waals surface area contributed by atoms with Crippen molar-refractivity contribution in [1.82, 2.24) is 25.0 Å². The lowest BCUT2D eigenvalue weighted by molar-refractivity contribution is 0.579. The number of rotatable bonds is 6. The number of likely N-dealkylation sites (N-methyl/N-ethyl adjacent to an activating group) is 1. The van der Waals surface area contributed by atoms with Gasteiger partial charge in [0.15, 0.2) is 0 Å². The Morgan fingerprint density at radius 3 is 2.67 bits per heavy atom. The number of hydrogen-bond acceptors (Lipinski definition) is 5. The van der Waals surface area contributed by atoms with Gasteiger partial charge in [0.05, 0.1) is 23.6 Å². The highest BCUT2D eigenvalue weighted by Gasteiger charge is 2.08. The molecule has 0 unspecified atom stereocenters. The van der Waals surface area contributed by atoms with Crippen molar-refractivity contribution in [2.75, 3.05) is 18.0 Å². The molecule has 0 saturated heterocycles. The summed E-state index contributed by atoms with van der Waals surface area (Å²) >= 11 is 0. The van der Waals surface area contributed by atoms with Crippen LogP contribution < -0.4 is 10.5 Å². The van der Waals surface area contributed by atoms with E-state index in [0.29, 0.717) is 16.7 Å². The highest BCUT2D eigenvalue weighted by molar-refractivity contribution is 5.79. The Kier molecular flexibility index (Phi) is 4.65. The fourth-order valence-electron chi connectivity index (χ4n) is 3.10. The predicted molar refractivity (Wildman–Crippen MR) is 106 cm³/mol. The van der Waals surface area contributed by atoms with Crippen molar-refractivity contribution in [2.45, 2.75) is 13.5 Å². The molecule has 0 spiro atoms. The smallest absolute Gasteiger partial charge is 0.259 e. The first-order valence-electron chi connectivity index (χ1n) is 8.93. The van der Waals surface area contributed by atoms with Crippen LogP contribution in [0.1, 0.15) is 6.92 Å². The number of anilines is 1. The van der Waals surface area contributed by atoms with Crippen LogP contribution in [-0.4, -0.2) is 38.1 Å². The van der Waals surface area contributed by atoms with Gasteiger partial charge in [-0.1, -0.05) is 17.3 Å². The minimum atomic E-state index is -0.123. The van der Waals surface area contributed by atoms with Crippen LogP contribution in [-0.2, 0) is 6.54 Å². The molecule has 2 aromatic heterocycles. The molecule has 7 nitrogen and oxygen atoms in total. The third-order valence-corrected chi connectivity index (χ3v) is 4.57. The minimum absolute atomic E-state index is 0.123. The molecule has 0 aliphatic rings. The van der Waals surface area contributed by atoms with E-state index < -0.39 is 0 Å². The van der Waals surface area contributed by atoms with Crippen molar-refractivity contribution in [3.63, 3.8) is 0 Å². The lowest BCUT2D eigenvalue weighted by Crippen LogP contribution is -2.27. The SMILES string of the molecule is CCN(CCn1ccnn1)c1ccc(-c2nc3ccccc3c(=O)[nH]2)cc1. The summed E-state index contributed by atoms with van der Waals surface area (Å²) in [6.45, 7) is 4.62. The second kappa shape index (κ2) is 7.41. The van der Waals surface area contributed by atoms with Gasteiger partial charge in [0.2, 0.25) is 0 Å². The van der Waals surface area contributed by atoms with E-state index >= 15 is 0 Å². The van der Waals surface area contributed by atoms with E-state index in [1.54, 1.807) is 12.3 Å². The lowest BCUT2D eigenvalue weighted by atomic mass is 10.1. The van der Waals surface area contributed by atoms with Gasteiger partial charge in [0, 0.05) is 30.5 Å². The number of fused-ring (bicyclic) bond motifs is 1. The van der Waals surface area contributed by atoms with E-state index in [0.717, 1.165) is 30.9 Å². The van der Waals surface area contributed by atoms with Gasteiger partial charge < -0.3 is 9.88 Å². The van der Waals surface area contributed by atoms with Gasteiger partial charge in [-0.2, -0.15) is 0 Å². The van der Waals surface area contributed by atoms with Crippen LogP contribution in [0.15, 0.2) is 65.7 Å². The van der Waals surface area contributed by atoms with Crippen LogP contribution in [0, 0.1) is 0 Å². The first-order valence-corrected chi connectivity index (χ1v) is 8.93. The summed E-state index contributed by atoms with van der Waals surface area (Å²) in [5, 5.41) is 8.43. The summed E-state index contributed by atoms with van der Waals surface area (Å²) in [7, 11) is 0. The predicted octanol–water partition coefficient (Wildman–Crippen LogP) is 2.71. The van der Waals surface area contributed by atoms with Crippen molar-refractivity contribution < 1.29 is 0 Å². The number of nitrogens with one attached hydrogen (secondary N) is 1. The molecule has 136 valence electrons. The molecular formula is C20H20N6O. The maximum Gasteiger partial charge on any atom is 0.259 e. The van der Waals surface area contributed by atoms with Crippen molar-refractivity contribution in [2.24, 2.45) is 0 Å². The topological polar surface area (TPSA) is 79.7 Å². The summed E-state index contributed by atoms with van der Waals surface area (Å²) in [5.74, 6) is 0.580. The van der Waals surface area contributed by atoms with Crippen LogP contribution in [0.5, 0.6) is 0 Å². The van der Waals surface area contributed by atoms with Crippen LogP contribution in [0.2, 0.25) is 0 Å². The molecule has 0 aliphatic carbocycles. The Morgan fingerprint density at radius 1 is 1.11 bits per heavy atom. The van der Waals surface area contributed by atoms with E-state index in [4.69, 9.17) is 0 Å². The first kappa shape index (κ1) is 17.0. The Balaban J connectivity index is 1.57. The summed E-state index contributed by atoms with van der Waals surface area (Å²) < 4.78 is 1.82. The zero-order chi connectivity index (χ0) is 18.6. The average Bonchev–Trinajstić information content (AvgIpc) is 3.22. The molecule has 4 aromatic rings. The summed E-state index contributed by atoms with van der Waals surface area (Å²) in [6, 6.07) is 15.4. The first-order chi connectivity index (χ1) is 13.2. The molecule has 1 N–H and O–H groups in total. The molecule has 0 radical (unpaired) electrons. The van der Waals surface area contributed by atoms with Crippen LogP contribution in [0.3, 0.4) is 0 Å². The molecular weight excluding hydrogens is 340 g/mol. The molecule has 0 amide bonds. The third kappa shape index (κ3) is 3.57. The highest BCUT2D eigenvalue weighted by atomic mass is 16.1. The molecule has 7 heteroatoms. The molecule has 0 atom stereocenters. The molecule has 0 saturated carbocycles. The Bertz CT molecular complexity index is 1090. The standard InChI is InChI=1S/C20H20N6O/c1-2-25(13-14-26-12-11-21-24-26)16-9-7-15(8-10-16)19-22-18-6-4-3-5-17(18)20(27)23-19/h3-12H,2,13-14H2,1H3,(H,22,23,27). The lowest BCUT2D eigenvalue weighted by Gasteiger charge is -2.23. The van der Waals surface area contributed by atoms with Crippen molar-refractivity contribution in [1.29, 1.82) is 0 Å². The number of para-hydroxylation sites is 1. The molecule has 0 fully saturated rings.